The SMILES string of the molecule is NCCc1ccc(C(=O)c2cccc3c2OCCC3)cc1. The molecule has 1 aliphatic rings. The molecule has 0 spiro atoms. The molecule has 21 heavy (non-hydrogen) atoms. The fourth-order valence-corrected chi connectivity index (χ4v) is 2.71. The van der Waals surface area contributed by atoms with Crippen LogP contribution in [0.4, 0.5) is 0 Å². The van der Waals surface area contributed by atoms with Gasteiger partial charge >= 0.3 is 0 Å². The molecule has 0 unspecified atom stereocenters. The van der Waals surface area contributed by atoms with Crippen molar-refractivity contribution in [3.63, 3.8) is 0 Å². The zero-order valence-corrected chi connectivity index (χ0v) is 12.0. The van der Waals surface area contributed by atoms with Crippen molar-refractivity contribution >= 4 is 5.78 Å². The zero-order valence-electron chi connectivity index (χ0n) is 12.0. The first-order valence-corrected chi connectivity index (χ1v) is 7.38. The summed E-state index contributed by atoms with van der Waals surface area (Å²) in [5, 5.41) is 0. The van der Waals surface area contributed by atoms with Gasteiger partial charge in [0.1, 0.15) is 5.75 Å². The Morgan fingerprint density at radius 3 is 2.71 bits per heavy atom. The van der Waals surface area contributed by atoms with Gasteiger partial charge in [-0.15, -0.1) is 0 Å². The summed E-state index contributed by atoms with van der Waals surface area (Å²) in [6.45, 7) is 1.31. The average molecular weight is 281 g/mol. The quantitative estimate of drug-likeness (QED) is 0.877. The van der Waals surface area contributed by atoms with E-state index in [0.29, 0.717) is 24.3 Å². The van der Waals surface area contributed by atoms with Crippen molar-refractivity contribution < 1.29 is 9.53 Å². The molecule has 2 N–H and O–H groups in total. The van der Waals surface area contributed by atoms with Crippen LogP contribution < -0.4 is 10.5 Å². The van der Waals surface area contributed by atoms with Crippen LogP contribution >= 0.6 is 0 Å². The normalized spacial score (nSPS) is 13.4. The van der Waals surface area contributed by atoms with Crippen molar-refractivity contribution in [3.05, 3.63) is 64.7 Å². The van der Waals surface area contributed by atoms with Gasteiger partial charge in [0.15, 0.2) is 5.78 Å². The third-order valence-electron chi connectivity index (χ3n) is 3.83. The minimum absolute atomic E-state index is 0.0213. The van der Waals surface area contributed by atoms with Gasteiger partial charge in [-0.1, -0.05) is 36.4 Å². The smallest absolute Gasteiger partial charge is 0.196 e. The molecule has 0 saturated carbocycles. The molecule has 0 aliphatic carbocycles. The van der Waals surface area contributed by atoms with Gasteiger partial charge in [0, 0.05) is 5.56 Å². The number of hydrogen-bond acceptors (Lipinski definition) is 3. The number of ketones is 1. The van der Waals surface area contributed by atoms with Crippen LogP contribution in [0, 0.1) is 0 Å². The van der Waals surface area contributed by atoms with Crippen LogP contribution in [-0.2, 0) is 12.8 Å². The predicted molar refractivity (Wildman–Crippen MR) is 82.9 cm³/mol. The molecule has 3 rings (SSSR count). The van der Waals surface area contributed by atoms with Crippen molar-refractivity contribution in [1.82, 2.24) is 0 Å². The van der Waals surface area contributed by atoms with Crippen LogP contribution in [0.2, 0.25) is 0 Å². The number of ether oxygens (including phenoxy) is 1. The van der Waals surface area contributed by atoms with Crippen LogP contribution in [-0.4, -0.2) is 18.9 Å². The summed E-state index contributed by atoms with van der Waals surface area (Å²) < 4.78 is 5.72. The van der Waals surface area contributed by atoms with E-state index in [1.165, 1.54) is 0 Å². The van der Waals surface area contributed by atoms with E-state index >= 15 is 0 Å². The lowest BCUT2D eigenvalue weighted by Gasteiger charge is -2.19. The highest BCUT2D eigenvalue weighted by Crippen LogP contribution is 2.30. The molecular formula is C18H19NO2. The molecular weight excluding hydrogens is 262 g/mol. The summed E-state index contributed by atoms with van der Waals surface area (Å²) in [5.74, 6) is 0.785. The van der Waals surface area contributed by atoms with E-state index < -0.39 is 0 Å². The Morgan fingerprint density at radius 1 is 1.14 bits per heavy atom. The fraction of sp³-hybridized carbons (Fsp3) is 0.278. The van der Waals surface area contributed by atoms with Gasteiger partial charge in [0.05, 0.1) is 12.2 Å². The van der Waals surface area contributed by atoms with E-state index in [1.54, 1.807) is 0 Å². The van der Waals surface area contributed by atoms with Gasteiger partial charge in [0.25, 0.3) is 0 Å². The van der Waals surface area contributed by atoms with Gasteiger partial charge in [0.2, 0.25) is 0 Å². The van der Waals surface area contributed by atoms with E-state index in [9.17, 15) is 4.79 Å². The Balaban J connectivity index is 1.91. The van der Waals surface area contributed by atoms with Crippen LogP contribution in [0.3, 0.4) is 0 Å². The van der Waals surface area contributed by atoms with E-state index in [-0.39, 0.29) is 5.78 Å². The molecule has 0 fully saturated rings. The van der Waals surface area contributed by atoms with Crippen LogP contribution in [0.15, 0.2) is 42.5 Å². The van der Waals surface area contributed by atoms with E-state index in [2.05, 4.69) is 0 Å². The van der Waals surface area contributed by atoms with Crippen molar-refractivity contribution in [2.24, 2.45) is 5.73 Å². The van der Waals surface area contributed by atoms with Gasteiger partial charge in [-0.3, -0.25) is 4.79 Å². The lowest BCUT2D eigenvalue weighted by atomic mass is 9.96. The average Bonchev–Trinajstić information content (AvgIpc) is 2.55. The number of benzene rings is 2. The Hall–Kier alpha value is -2.13. The Bertz CT molecular complexity index is 647. The lowest BCUT2D eigenvalue weighted by Crippen LogP contribution is -2.13. The third kappa shape index (κ3) is 2.83. The molecule has 3 nitrogen and oxygen atoms in total. The summed E-state index contributed by atoms with van der Waals surface area (Å²) in [4.78, 5) is 12.7. The van der Waals surface area contributed by atoms with Gasteiger partial charge in [-0.05, 0) is 43.0 Å². The minimum atomic E-state index is 0.0213. The lowest BCUT2D eigenvalue weighted by molar-refractivity contribution is 0.103. The molecule has 108 valence electrons. The number of hydrogen-bond donors (Lipinski definition) is 1. The predicted octanol–water partition coefficient (Wildman–Crippen LogP) is 2.74. The molecule has 2 aromatic carbocycles. The second-order valence-corrected chi connectivity index (χ2v) is 5.31. The maximum Gasteiger partial charge on any atom is 0.196 e. The number of nitrogens with two attached hydrogens (primary N) is 1. The molecule has 0 aromatic heterocycles. The topological polar surface area (TPSA) is 52.3 Å². The van der Waals surface area contributed by atoms with Crippen molar-refractivity contribution in [2.45, 2.75) is 19.3 Å². The van der Waals surface area contributed by atoms with E-state index in [0.717, 1.165) is 36.1 Å². The monoisotopic (exact) mass is 281 g/mol. The summed E-state index contributed by atoms with van der Waals surface area (Å²) in [5.41, 5.74) is 9.19. The first-order valence-electron chi connectivity index (χ1n) is 7.38. The first-order chi connectivity index (χ1) is 10.3. The standard InChI is InChI=1S/C18H19NO2/c19-11-10-13-6-8-14(9-7-13)17(20)16-5-1-3-15-4-2-12-21-18(15)16/h1,3,5-9H,2,4,10-12,19H2. The highest BCUT2D eigenvalue weighted by Gasteiger charge is 2.20. The number of para-hydroxylation sites is 1. The van der Waals surface area contributed by atoms with E-state index in [4.69, 9.17) is 10.5 Å². The maximum absolute atomic E-state index is 12.7. The second kappa shape index (κ2) is 6.10. The Kier molecular flexibility index (Phi) is 4.02. The molecule has 0 atom stereocenters. The van der Waals surface area contributed by atoms with Crippen molar-refractivity contribution in [2.75, 3.05) is 13.2 Å². The molecule has 3 heteroatoms. The molecule has 0 saturated heterocycles. The highest BCUT2D eigenvalue weighted by molar-refractivity contribution is 6.11. The summed E-state index contributed by atoms with van der Waals surface area (Å²) in [6, 6.07) is 13.5. The third-order valence-corrected chi connectivity index (χ3v) is 3.83. The fourth-order valence-electron chi connectivity index (χ4n) is 2.71. The van der Waals surface area contributed by atoms with Crippen LogP contribution in [0.25, 0.3) is 0 Å². The van der Waals surface area contributed by atoms with Gasteiger partial charge in [-0.25, -0.2) is 0 Å². The number of carbonyl (C=O) groups excluding carboxylic acids is 1. The molecule has 0 amide bonds. The minimum Gasteiger partial charge on any atom is -0.493 e. The van der Waals surface area contributed by atoms with Crippen molar-refractivity contribution in [3.8, 4) is 5.75 Å². The Morgan fingerprint density at radius 2 is 1.95 bits per heavy atom. The molecule has 1 aliphatic heterocycles. The van der Waals surface area contributed by atoms with Gasteiger partial charge < -0.3 is 10.5 Å². The molecule has 1 heterocycles. The number of carbonyl (C=O) groups is 1. The maximum atomic E-state index is 12.7. The van der Waals surface area contributed by atoms with Gasteiger partial charge in [-0.2, -0.15) is 0 Å². The first kappa shape index (κ1) is 13.8. The largest absolute Gasteiger partial charge is 0.493 e. The number of rotatable bonds is 4. The number of aryl methyl sites for hydroxylation is 1. The Labute approximate surface area is 124 Å². The molecule has 0 bridgehead atoms. The summed E-state index contributed by atoms with van der Waals surface area (Å²) in [7, 11) is 0. The van der Waals surface area contributed by atoms with Crippen LogP contribution in [0.5, 0.6) is 5.75 Å². The highest BCUT2D eigenvalue weighted by atomic mass is 16.5. The molecule has 2 aromatic rings. The summed E-state index contributed by atoms with van der Waals surface area (Å²) in [6.07, 6.45) is 2.82. The van der Waals surface area contributed by atoms with E-state index in [1.807, 2.05) is 42.5 Å². The summed E-state index contributed by atoms with van der Waals surface area (Å²) >= 11 is 0. The molecule has 0 radical (unpaired) electrons. The second-order valence-electron chi connectivity index (χ2n) is 5.31. The van der Waals surface area contributed by atoms with Crippen LogP contribution in [0.1, 0.15) is 33.5 Å². The zero-order chi connectivity index (χ0) is 14.7. The number of fused-ring (bicyclic) bond motifs is 1. The van der Waals surface area contributed by atoms with Crippen molar-refractivity contribution in [1.29, 1.82) is 0 Å².